The predicted molar refractivity (Wildman–Crippen MR) is 73.9 cm³/mol. The van der Waals surface area contributed by atoms with Crippen LogP contribution in [0.2, 0.25) is 0 Å². The lowest BCUT2D eigenvalue weighted by Crippen LogP contribution is -2.31. The molecule has 0 saturated heterocycles. The van der Waals surface area contributed by atoms with Crippen molar-refractivity contribution in [1.82, 2.24) is 4.90 Å². The fourth-order valence-corrected chi connectivity index (χ4v) is 1.77. The highest BCUT2D eigenvalue weighted by molar-refractivity contribution is 5.30. The second kappa shape index (κ2) is 8.08. The molecule has 0 heterocycles. The van der Waals surface area contributed by atoms with Gasteiger partial charge in [0.05, 0.1) is 13.7 Å². The molecule has 1 aromatic carbocycles. The van der Waals surface area contributed by atoms with Crippen molar-refractivity contribution in [3.8, 4) is 5.75 Å². The van der Waals surface area contributed by atoms with Gasteiger partial charge in [-0.25, -0.2) is 0 Å². The Morgan fingerprint density at radius 2 is 2.17 bits per heavy atom. The normalized spacial score (nSPS) is 12.7. The zero-order chi connectivity index (χ0) is 13.4. The van der Waals surface area contributed by atoms with Crippen molar-refractivity contribution >= 4 is 0 Å². The van der Waals surface area contributed by atoms with Crippen LogP contribution >= 0.6 is 0 Å². The third-order valence-electron chi connectivity index (χ3n) is 2.85. The first-order chi connectivity index (χ1) is 8.67. The van der Waals surface area contributed by atoms with Gasteiger partial charge in [-0.2, -0.15) is 0 Å². The highest BCUT2D eigenvalue weighted by Gasteiger charge is 2.09. The van der Waals surface area contributed by atoms with Crippen LogP contribution in [-0.4, -0.2) is 45.4 Å². The first kappa shape index (κ1) is 15.0. The Balaban J connectivity index is 2.45. The molecular formula is C14H24N2O2. The van der Waals surface area contributed by atoms with E-state index in [-0.39, 0.29) is 6.04 Å². The van der Waals surface area contributed by atoms with E-state index >= 15 is 0 Å². The topological polar surface area (TPSA) is 47.7 Å². The van der Waals surface area contributed by atoms with Crippen LogP contribution in [0, 0.1) is 0 Å². The van der Waals surface area contributed by atoms with Gasteiger partial charge in [-0.05, 0) is 31.7 Å². The van der Waals surface area contributed by atoms with Gasteiger partial charge >= 0.3 is 0 Å². The summed E-state index contributed by atoms with van der Waals surface area (Å²) in [7, 11) is 3.72. The highest BCUT2D eigenvalue weighted by atomic mass is 16.5. The van der Waals surface area contributed by atoms with Gasteiger partial charge < -0.3 is 20.1 Å². The number of methoxy groups -OCH3 is 1. The van der Waals surface area contributed by atoms with E-state index < -0.39 is 0 Å². The fourth-order valence-electron chi connectivity index (χ4n) is 1.77. The summed E-state index contributed by atoms with van der Waals surface area (Å²) in [5.74, 6) is 0.847. The Labute approximate surface area is 110 Å². The number of likely N-dealkylation sites (N-methyl/N-ethyl adjacent to an activating group) is 1. The number of nitrogens with zero attached hydrogens (tertiary/aromatic N) is 1. The summed E-state index contributed by atoms with van der Waals surface area (Å²) in [6, 6.07) is 7.90. The van der Waals surface area contributed by atoms with Crippen molar-refractivity contribution in [3.05, 3.63) is 29.8 Å². The van der Waals surface area contributed by atoms with Crippen LogP contribution in [0.4, 0.5) is 0 Å². The first-order valence-corrected chi connectivity index (χ1v) is 6.33. The molecule has 102 valence electrons. The van der Waals surface area contributed by atoms with Gasteiger partial charge in [0.2, 0.25) is 0 Å². The number of rotatable bonds is 8. The maximum Gasteiger partial charge on any atom is 0.119 e. The molecule has 0 saturated carbocycles. The van der Waals surface area contributed by atoms with Crippen molar-refractivity contribution in [2.24, 2.45) is 5.73 Å². The molecule has 4 nitrogen and oxygen atoms in total. The van der Waals surface area contributed by atoms with Gasteiger partial charge in [0, 0.05) is 25.7 Å². The van der Waals surface area contributed by atoms with Gasteiger partial charge in [0.1, 0.15) is 5.75 Å². The minimum atomic E-state index is -0.00766. The monoisotopic (exact) mass is 252 g/mol. The zero-order valence-electron chi connectivity index (χ0n) is 11.6. The smallest absolute Gasteiger partial charge is 0.119 e. The highest BCUT2D eigenvalue weighted by Crippen LogP contribution is 2.17. The van der Waals surface area contributed by atoms with Crippen LogP contribution in [0.1, 0.15) is 18.5 Å². The molecule has 0 spiro atoms. The van der Waals surface area contributed by atoms with Crippen LogP contribution in [0.3, 0.4) is 0 Å². The molecule has 2 N–H and O–H groups in total. The van der Waals surface area contributed by atoms with E-state index in [0.29, 0.717) is 0 Å². The second-order valence-electron chi connectivity index (χ2n) is 4.34. The molecule has 0 fully saturated rings. The average Bonchev–Trinajstić information content (AvgIpc) is 2.39. The molecule has 0 radical (unpaired) electrons. The molecule has 18 heavy (non-hydrogen) atoms. The lowest BCUT2D eigenvalue weighted by molar-refractivity contribution is 0.120. The summed E-state index contributed by atoms with van der Waals surface area (Å²) in [5.41, 5.74) is 7.28. The molecule has 0 bridgehead atoms. The summed E-state index contributed by atoms with van der Waals surface area (Å²) in [4.78, 5) is 2.18. The van der Waals surface area contributed by atoms with Gasteiger partial charge in [0.15, 0.2) is 0 Å². The molecule has 4 heteroatoms. The van der Waals surface area contributed by atoms with E-state index in [9.17, 15) is 0 Å². The molecule has 1 unspecified atom stereocenters. The summed E-state index contributed by atoms with van der Waals surface area (Å²) in [6.07, 6.45) is 0. The average molecular weight is 252 g/mol. The number of benzene rings is 1. The van der Waals surface area contributed by atoms with Crippen LogP contribution in [0.15, 0.2) is 24.3 Å². The van der Waals surface area contributed by atoms with Crippen molar-refractivity contribution < 1.29 is 9.47 Å². The van der Waals surface area contributed by atoms with E-state index in [4.69, 9.17) is 15.2 Å². The van der Waals surface area contributed by atoms with Crippen molar-refractivity contribution in [2.75, 3.05) is 40.5 Å². The Bertz CT molecular complexity index is 344. The second-order valence-corrected chi connectivity index (χ2v) is 4.34. The Morgan fingerprint density at radius 3 is 2.83 bits per heavy atom. The molecule has 0 aliphatic rings. The predicted octanol–water partition coefficient (Wildman–Crippen LogP) is 1.66. The van der Waals surface area contributed by atoms with Gasteiger partial charge in [0.25, 0.3) is 0 Å². The fraction of sp³-hybridized carbons (Fsp3) is 0.571. The molecule has 1 rings (SSSR count). The van der Waals surface area contributed by atoms with Crippen LogP contribution in [0.5, 0.6) is 5.75 Å². The zero-order valence-corrected chi connectivity index (χ0v) is 11.6. The summed E-state index contributed by atoms with van der Waals surface area (Å²) in [5, 5.41) is 0. The van der Waals surface area contributed by atoms with Crippen molar-refractivity contribution in [1.29, 1.82) is 0 Å². The molecule has 1 aromatic rings. The van der Waals surface area contributed by atoms with E-state index in [2.05, 4.69) is 11.9 Å². The van der Waals surface area contributed by atoms with Crippen molar-refractivity contribution in [2.45, 2.75) is 13.0 Å². The standard InChI is InChI=1S/C14H24N2O2/c1-4-18-9-8-16(2)11-14(15)12-6-5-7-13(10-12)17-3/h5-7,10,14H,4,8-9,11,15H2,1-3H3. The van der Waals surface area contributed by atoms with Gasteiger partial charge in [-0.3, -0.25) is 0 Å². The van der Waals surface area contributed by atoms with E-state index in [1.807, 2.05) is 31.2 Å². The maximum atomic E-state index is 6.19. The molecular weight excluding hydrogens is 228 g/mol. The summed E-state index contributed by atoms with van der Waals surface area (Å²) >= 11 is 0. The summed E-state index contributed by atoms with van der Waals surface area (Å²) < 4.78 is 10.5. The van der Waals surface area contributed by atoms with Crippen LogP contribution < -0.4 is 10.5 Å². The molecule has 0 aliphatic carbocycles. The van der Waals surface area contributed by atoms with Crippen LogP contribution in [0.25, 0.3) is 0 Å². The quantitative estimate of drug-likeness (QED) is 0.715. The number of ether oxygens (including phenoxy) is 2. The Hall–Kier alpha value is -1.10. The van der Waals surface area contributed by atoms with Gasteiger partial charge in [-0.15, -0.1) is 0 Å². The van der Waals surface area contributed by atoms with Crippen LogP contribution in [-0.2, 0) is 4.74 Å². The third kappa shape index (κ3) is 5.04. The summed E-state index contributed by atoms with van der Waals surface area (Å²) in [6.45, 7) is 5.21. The largest absolute Gasteiger partial charge is 0.497 e. The lowest BCUT2D eigenvalue weighted by atomic mass is 10.1. The molecule has 0 amide bonds. The SMILES string of the molecule is CCOCCN(C)CC(N)c1cccc(OC)c1. The van der Waals surface area contributed by atoms with Gasteiger partial charge in [-0.1, -0.05) is 12.1 Å². The Morgan fingerprint density at radius 1 is 1.39 bits per heavy atom. The molecule has 0 aliphatic heterocycles. The Kier molecular flexibility index (Phi) is 6.72. The number of nitrogens with two attached hydrogens (primary N) is 1. The first-order valence-electron chi connectivity index (χ1n) is 6.33. The lowest BCUT2D eigenvalue weighted by Gasteiger charge is -2.21. The molecule has 0 aromatic heterocycles. The maximum absolute atomic E-state index is 6.19. The minimum absolute atomic E-state index is 0.00766. The van der Waals surface area contributed by atoms with E-state index in [0.717, 1.165) is 37.6 Å². The van der Waals surface area contributed by atoms with E-state index in [1.165, 1.54) is 0 Å². The van der Waals surface area contributed by atoms with E-state index in [1.54, 1.807) is 7.11 Å². The van der Waals surface area contributed by atoms with Crippen molar-refractivity contribution in [3.63, 3.8) is 0 Å². The minimum Gasteiger partial charge on any atom is -0.497 e. The third-order valence-corrected chi connectivity index (χ3v) is 2.85. The molecule has 1 atom stereocenters. The number of hydrogen-bond donors (Lipinski definition) is 1. The number of hydrogen-bond acceptors (Lipinski definition) is 4.